The van der Waals surface area contributed by atoms with E-state index in [2.05, 4.69) is 20.4 Å². The van der Waals surface area contributed by atoms with Gasteiger partial charge in [-0.2, -0.15) is 0 Å². The molecule has 2 nitrogen and oxygen atoms in total. The maximum absolute atomic E-state index is 10.8. The first-order valence-corrected chi connectivity index (χ1v) is 10.0. The number of carbonyl (C=O) groups is 1. The van der Waals surface area contributed by atoms with Crippen molar-refractivity contribution in [2.75, 3.05) is 0 Å². The Kier molecular flexibility index (Phi) is 15.5. The van der Waals surface area contributed by atoms with E-state index in [9.17, 15) is 4.79 Å². The highest BCUT2D eigenvalue weighted by Crippen LogP contribution is 2.24. The van der Waals surface area contributed by atoms with E-state index in [1.54, 1.807) is 0 Å². The van der Waals surface area contributed by atoms with Crippen LogP contribution in [0.15, 0.2) is 12.2 Å². The lowest BCUT2D eigenvalue weighted by molar-refractivity contribution is -0.132. The number of aliphatic carboxylic acids is 1. The van der Waals surface area contributed by atoms with Crippen LogP contribution < -0.4 is 0 Å². The zero-order valence-corrected chi connectivity index (χ0v) is 15.7. The van der Waals surface area contributed by atoms with Crippen molar-refractivity contribution in [3.05, 3.63) is 12.2 Å². The normalized spacial score (nSPS) is 12.3. The van der Waals surface area contributed by atoms with Gasteiger partial charge in [-0.25, -0.2) is 4.79 Å². The average Bonchev–Trinajstić information content (AvgIpc) is 2.53. The Morgan fingerprint density at radius 1 is 0.783 bits per heavy atom. The summed E-state index contributed by atoms with van der Waals surface area (Å²) < 4.78 is 0. The molecule has 0 saturated carbocycles. The van der Waals surface area contributed by atoms with Gasteiger partial charge in [-0.3, -0.25) is 0 Å². The highest BCUT2D eigenvalue weighted by molar-refractivity contribution is 5.85. The number of rotatable bonds is 17. The second kappa shape index (κ2) is 16.1. The van der Waals surface area contributed by atoms with E-state index in [4.69, 9.17) is 5.11 Å². The molecular formula is C21H40O2. The highest BCUT2D eigenvalue weighted by Gasteiger charge is 2.10. The largest absolute Gasteiger partial charge is 0.478 e. The van der Waals surface area contributed by atoms with Crippen molar-refractivity contribution >= 4 is 5.97 Å². The lowest BCUT2D eigenvalue weighted by Crippen LogP contribution is -2.04. The summed E-state index contributed by atoms with van der Waals surface area (Å²) in [5.74, 6) is -0.0416. The summed E-state index contributed by atoms with van der Waals surface area (Å²) in [5.41, 5.74) is 0.370. The van der Waals surface area contributed by atoms with Gasteiger partial charge in [0.25, 0.3) is 0 Å². The van der Waals surface area contributed by atoms with Gasteiger partial charge in [-0.1, -0.05) is 104 Å². The summed E-state index contributed by atoms with van der Waals surface area (Å²) in [6.45, 7) is 8.16. The van der Waals surface area contributed by atoms with E-state index in [-0.39, 0.29) is 0 Å². The zero-order valence-electron chi connectivity index (χ0n) is 15.7. The summed E-state index contributed by atoms with van der Waals surface area (Å²) in [6, 6.07) is 0. The number of carboxylic acids is 1. The Balaban J connectivity index is 3.92. The van der Waals surface area contributed by atoms with E-state index in [1.165, 1.54) is 83.5 Å². The fourth-order valence-corrected chi connectivity index (χ4v) is 3.22. The standard InChI is InChI=1S/C21H40O2/c1-4-6-8-10-11-13-17-20(16-12-9-7-5-2)18-14-15-19(3)21(22)23/h20H,3-18H2,1-2H3,(H,22,23). The van der Waals surface area contributed by atoms with Gasteiger partial charge >= 0.3 is 5.97 Å². The molecular weight excluding hydrogens is 284 g/mol. The molecule has 0 aliphatic carbocycles. The van der Waals surface area contributed by atoms with Crippen molar-refractivity contribution in [2.24, 2.45) is 5.92 Å². The molecule has 0 bridgehead atoms. The number of unbranched alkanes of at least 4 members (excludes halogenated alkanes) is 8. The smallest absolute Gasteiger partial charge is 0.330 e. The van der Waals surface area contributed by atoms with E-state index in [1.807, 2.05) is 0 Å². The van der Waals surface area contributed by atoms with Crippen LogP contribution >= 0.6 is 0 Å². The first-order valence-electron chi connectivity index (χ1n) is 10.0. The van der Waals surface area contributed by atoms with Gasteiger partial charge in [0, 0.05) is 5.57 Å². The molecule has 0 aromatic heterocycles. The molecule has 0 saturated heterocycles. The van der Waals surface area contributed by atoms with Crippen LogP contribution in [-0.2, 0) is 4.79 Å². The number of hydrogen-bond acceptors (Lipinski definition) is 1. The highest BCUT2D eigenvalue weighted by atomic mass is 16.4. The molecule has 136 valence electrons. The van der Waals surface area contributed by atoms with Crippen molar-refractivity contribution in [3.8, 4) is 0 Å². The molecule has 0 spiro atoms. The third-order valence-corrected chi connectivity index (χ3v) is 4.83. The van der Waals surface area contributed by atoms with Gasteiger partial charge in [0.15, 0.2) is 0 Å². The summed E-state index contributed by atoms with van der Waals surface area (Å²) in [5, 5.41) is 8.89. The molecule has 0 heterocycles. The lowest BCUT2D eigenvalue weighted by atomic mass is 9.89. The summed E-state index contributed by atoms with van der Waals surface area (Å²) in [7, 11) is 0. The lowest BCUT2D eigenvalue weighted by Gasteiger charge is -2.17. The Labute approximate surface area is 144 Å². The SMILES string of the molecule is C=C(CCCC(CCCCCC)CCCCCCCC)C(=O)O. The van der Waals surface area contributed by atoms with Gasteiger partial charge in [-0.15, -0.1) is 0 Å². The van der Waals surface area contributed by atoms with Crippen LogP contribution in [0.2, 0.25) is 0 Å². The molecule has 0 rings (SSSR count). The maximum Gasteiger partial charge on any atom is 0.330 e. The third kappa shape index (κ3) is 14.5. The minimum absolute atomic E-state index is 0.370. The molecule has 0 radical (unpaired) electrons. The Morgan fingerprint density at radius 2 is 1.22 bits per heavy atom. The van der Waals surface area contributed by atoms with Crippen LogP contribution in [-0.4, -0.2) is 11.1 Å². The summed E-state index contributed by atoms with van der Waals surface area (Å²) in [6.07, 6.45) is 19.0. The van der Waals surface area contributed by atoms with E-state index in [0.29, 0.717) is 12.0 Å². The minimum Gasteiger partial charge on any atom is -0.478 e. The second-order valence-electron chi connectivity index (χ2n) is 7.07. The molecule has 1 unspecified atom stereocenters. The molecule has 23 heavy (non-hydrogen) atoms. The Bertz CT molecular complexity index is 296. The predicted octanol–water partition coefficient (Wildman–Crippen LogP) is 7.13. The quantitative estimate of drug-likeness (QED) is 0.228. The van der Waals surface area contributed by atoms with Crippen LogP contribution in [0, 0.1) is 5.92 Å². The molecule has 1 atom stereocenters. The first-order chi connectivity index (χ1) is 11.1. The van der Waals surface area contributed by atoms with Crippen LogP contribution in [0.25, 0.3) is 0 Å². The summed E-state index contributed by atoms with van der Waals surface area (Å²) >= 11 is 0. The molecule has 1 N–H and O–H groups in total. The molecule has 0 aliphatic heterocycles. The van der Waals surface area contributed by atoms with E-state index < -0.39 is 5.97 Å². The van der Waals surface area contributed by atoms with Gasteiger partial charge in [-0.05, 0) is 18.8 Å². The van der Waals surface area contributed by atoms with Gasteiger partial charge < -0.3 is 5.11 Å². The predicted molar refractivity (Wildman–Crippen MR) is 101 cm³/mol. The van der Waals surface area contributed by atoms with Crippen LogP contribution in [0.4, 0.5) is 0 Å². The topological polar surface area (TPSA) is 37.3 Å². The van der Waals surface area contributed by atoms with Gasteiger partial charge in [0.2, 0.25) is 0 Å². The van der Waals surface area contributed by atoms with Crippen molar-refractivity contribution in [3.63, 3.8) is 0 Å². The second-order valence-corrected chi connectivity index (χ2v) is 7.07. The third-order valence-electron chi connectivity index (χ3n) is 4.83. The van der Waals surface area contributed by atoms with Crippen molar-refractivity contribution < 1.29 is 9.90 Å². The monoisotopic (exact) mass is 324 g/mol. The van der Waals surface area contributed by atoms with Gasteiger partial charge in [0.1, 0.15) is 0 Å². The van der Waals surface area contributed by atoms with Crippen LogP contribution in [0.1, 0.15) is 110 Å². The fourth-order valence-electron chi connectivity index (χ4n) is 3.22. The Hall–Kier alpha value is -0.790. The molecule has 0 aliphatic rings. The van der Waals surface area contributed by atoms with E-state index in [0.717, 1.165) is 12.3 Å². The van der Waals surface area contributed by atoms with E-state index >= 15 is 0 Å². The van der Waals surface area contributed by atoms with Crippen molar-refractivity contribution in [2.45, 2.75) is 110 Å². The molecule has 0 fully saturated rings. The molecule has 2 heteroatoms. The van der Waals surface area contributed by atoms with Gasteiger partial charge in [0.05, 0.1) is 0 Å². The number of hydrogen-bond donors (Lipinski definition) is 1. The Morgan fingerprint density at radius 3 is 1.74 bits per heavy atom. The maximum atomic E-state index is 10.8. The van der Waals surface area contributed by atoms with Crippen LogP contribution in [0.5, 0.6) is 0 Å². The van der Waals surface area contributed by atoms with Crippen LogP contribution in [0.3, 0.4) is 0 Å². The molecule has 0 aromatic carbocycles. The minimum atomic E-state index is -0.833. The van der Waals surface area contributed by atoms with Crippen molar-refractivity contribution in [1.29, 1.82) is 0 Å². The first kappa shape index (κ1) is 22.2. The zero-order chi connectivity index (χ0) is 17.3. The summed E-state index contributed by atoms with van der Waals surface area (Å²) in [4.78, 5) is 10.8. The fraction of sp³-hybridized carbons (Fsp3) is 0.857. The van der Waals surface area contributed by atoms with Crippen molar-refractivity contribution in [1.82, 2.24) is 0 Å². The molecule has 0 aromatic rings. The average molecular weight is 325 g/mol. The number of carboxylic acid groups (broad SMARTS) is 1. The molecule has 0 amide bonds.